The molecule has 0 spiro atoms. The van der Waals surface area contributed by atoms with Gasteiger partial charge in [-0.15, -0.1) is 0 Å². The predicted molar refractivity (Wildman–Crippen MR) is 68.0 cm³/mol. The van der Waals surface area contributed by atoms with Crippen molar-refractivity contribution in [3.8, 4) is 0 Å². The number of carboxylic acid groups (broad SMARTS) is 1. The van der Waals surface area contributed by atoms with Crippen molar-refractivity contribution in [2.75, 3.05) is 0 Å². The average Bonchev–Trinajstić information content (AvgIpc) is 2.70. The van der Waals surface area contributed by atoms with Crippen LogP contribution in [0.2, 0.25) is 0 Å². The number of aromatic nitrogens is 1. The van der Waals surface area contributed by atoms with Gasteiger partial charge in [0.15, 0.2) is 0 Å². The van der Waals surface area contributed by atoms with E-state index in [4.69, 9.17) is 5.11 Å². The van der Waals surface area contributed by atoms with E-state index in [1.165, 1.54) is 10.6 Å². The van der Waals surface area contributed by atoms with Crippen LogP contribution >= 0.6 is 0 Å². The summed E-state index contributed by atoms with van der Waals surface area (Å²) in [5, 5.41) is 12.4. The number of benzene rings is 1. The molecule has 1 heterocycles. The van der Waals surface area contributed by atoms with Gasteiger partial charge in [-0.25, -0.2) is 9.59 Å². The van der Waals surface area contributed by atoms with Crippen molar-refractivity contribution in [3.63, 3.8) is 0 Å². The van der Waals surface area contributed by atoms with Gasteiger partial charge in [-0.3, -0.25) is 4.57 Å². The van der Waals surface area contributed by atoms with E-state index in [0.717, 1.165) is 0 Å². The molecule has 0 radical (unpaired) electrons. The molecule has 1 aromatic heterocycles. The molecule has 2 rings (SSSR count). The van der Waals surface area contributed by atoms with Crippen LogP contribution in [0.4, 0.5) is 4.79 Å². The van der Waals surface area contributed by atoms with Crippen LogP contribution in [0, 0.1) is 0 Å². The van der Waals surface area contributed by atoms with Crippen LogP contribution in [0.15, 0.2) is 30.5 Å². The number of carbonyl (C=O) groups is 2. The molecule has 2 N–H and O–H groups in total. The van der Waals surface area contributed by atoms with Crippen molar-refractivity contribution in [1.82, 2.24) is 9.88 Å². The number of amides is 1. The Hall–Kier alpha value is -2.30. The monoisotopic (exact) mass is 246 g/mol. The third-order valence-electron chi connectivity index (χ3n) is 2.59. The van der Waals surface area contributed by atoms with E-state index in [0.29, 0.717) is 10.9 Å². The fourth-order valence-corrected chi connectivity index (χ4v) is 1.85. The molecule has 0 saturated carbocycles. The molecule has 0 bridgehead atoms. The number of aromatic carboxylic acids is 1. The van der Waals surface area contributed by atoms with Crippen LogP contribution in [0.5, 0.6) is 0 Å². The van der Waals surface area contributed by atoms with E-state index in [1.807, 2.05) is 13.8 Å². The molecular formula is C13H14N2O3. The van der Waals surface area contributed by atoms with Crippen molar-refractivity contribution >= 4 is 22.9 Å². The minimum atomic E-state index is -0.998. The maximum absolute atomic E-state index is 11.9. The van der Waals surface area contributed by atoms with Gasteiger partial charge in [-0.05, 0) is 32.0 Å². The van der Waals surface area contributed by atoms with Gasteiger partial charge in [0.2, 0.25) is 0 Å². The number of rotatable bonds is 2. The van der Waals surface area contributed by atoms with Gasteiger partial charge in [0.25, 0.3) is 0 Å². The summed E-state index contributed by atoms with van der Waals surface area (Å²) in [7, 11) is 0. The normalized spacial score (nSPS) is 10.8. The SMILES string of the molecule is CC(C)NC(=O)n1ccc2c(C(=O)O)cccc21. The Kier molecular flexibility index (Phi) is 3.06. The van der Waals surface area contributed by atoms with Crippen LogP contribution in [-0.4, -0.2) is 27.7 Å². The predicted octanol–water partition coefficient (Wildman–Crippen LogP) is 2.31. The van der Waals surface area contributed by atoms with Crippen LogP contribution in [-0.2, 0) is 0 Å². The van der Waals surface area contributed by atoms with Crippen molar-refractivity contribution in [3.05, 3.63) is 36.0 Å². The molecule has 0 unspecified atom stereocenters. The molecule has 18 heavy (non-hydrogen) atoms. The Morgan fingerprint density at radius 2 is 2.00 bits per heavy atom. The number of hydrogen-bond donors (Lipinski definition) is 2. The summed E-state index contributed by atoms with van der Waals surface area (Å²) >= 11 is 0. The van der Waals surface area contributed by atoms with Gasteiger partial charge in [0, 0.05) is 17.6 Å². The molecule has 0 aliphatic heterocycles. The highest BCUT2D eigenvalue weighted by Gasteiger charge is 2.14. The molecule has 0 aliphatic rings. The molecule has 1 aromatic carbocycles. The zero-order valence-corrected chi connectivity index (χ0v) is 10.2. The van der Waals surface area contributed by atoms with E-state index >= 15 is 0 Å². The summed E-state index contributed by atoms with van der Waals surface area (Å²) in [6.45, 7) is 3.73. The molecule has 0 atom stereocenters. The number of nitrogens with zero attached hydrogens (tertiary/aromatic N) is 1. The highest BCUT2D eigenvalue weighted by atomic mass is 16.4. The van der Waals surface area contributed by atoms with Gasteiger partial charge in [-0.2, -0.15) is 0 Å². The third kappa shape index (κ3) is 2.07. The lowest BCUT2D eigenvalue weighted by Gasteiger charge is -2.09. The first-order chi connectivity index (χ1) is 8.50. The van der Waals surface area contributed by atoms with Gasteiger partial charge >= 0.3 is 12.0 Å². The first-order valence-electron chi connectivity index (χ1n) is 5.65. The first kappa shape index (κ1) is 12.2. The summed E-state index contributed by atoms with van der Waals surface area (Å²) in [6.07, 6.45) is 1.58. The zero-order valence-electron chi connectivity index (χ0n) is 10.2. The lowest BCUT2D eigenvalue weighted by molar-refractivity contribution is 0.0699. The smallest absolute Gasteiger partial charge is 0.336 e. The molecule has 0 aliphatic carbocycles. The minimum Gasteiger partial charge on any atom is -0.478 e. The fourth-order valence-electron chi connectivity index (χ4n) is 1.85. The average molecular weight is 246 g/mol. The number of fused-ring (bicyclic) bond motifs is 1. The highest BCUT2D eigenvalue weighted by molar-refractivity contribution is 6.05. The van der Waals surface area contributed by atoms with E-state index in [9.17, 15) is 9.59 Å². The molecule has 5 heteroatoms. The van der Waals surface area contributed by atoms with Gasteiger partial charge < -0.3 is 10.4 Å². The Morgan fingerprint density at radius 3 is 2.61 bits per heavy atom. The lowest BCUT2D eigenvalue weighted by atomic mass is 10.1. The Bertz CT molecular complexity index is 614. The number of carboxylic acids is 1. The standard InChI is InChI=1S/C13H14N2O3/c1-8(2)14-13(18)15-7-6-9-10(12(16)17)4-3-5-11(9)15/h3-8H,1-2H3,(H,14,18)(H,16,17). The summed E-state index contributed by atoms with van der Waals surface area (Å²) in [6, 6.07) is 6.28. The lowest BCUT2D eigenvalue weighted by Crippen LogP contribution is -2.33. The van der Waals surface area contributed by atoms with Crippen molar-refractivity contribution < 1.29 is 14.7 Å². The Labute approximate surface area is 104 Å². The van der Waals surface area contributed by atoms with Gasteiger partial charge in [0.05, 0.1) is 11.1 Å². The Balaban J connectivity index is 2.52. The van der Waals surface area contributed by atoms with Crippen LogP contribution in [0.1, 0.15) is 24.2 Å². The number of nitrogens with one attached hydrogen (secondary N) is 1. The van der Waals surface area contributed by atoms with Crippen LogP contribution < -0.4 is 5.32 Å². The summed E-state index contributed by atoms with van der Waals surface area (Å²) in [5.74, 6) is -0.998. The van der Waals surface area contributed by atoms with E-state index in [-0.39, 0.29) is 17.6 Å². The van der Waals surface area contributed by atoms with Crippen molar-refractivity contribution in [2.24, 2.45) is 0 Å². The molecular weight excluding hydrogens is 232 g/mol. The third-order valence-corrected chi connectivity index (χ3v) is 2.59. The topological polar surface area (TPSA) is 71.3 Å². The quantitative estimate of drug-likeness (QED) is 0.854. The molecule has 0 saturated heterocycles. The van der Waals surface area contributed by atoms with Gasteiger partial charge in [0.1, 0.15) is 0 Å². The van der Waals surface area contributed by atoms with E-state index in [2.05, 4.69) is 5.32 Å². The number of hydrogen-bond acceptors (Lipinski definition) is 2. The second kappa shape index (κ2) is 4.52. The van der Waals surface area contributed by atoms with Crippen molar-refractivity contribution in [1.29, 1.82) is 0 Å². The largest absolute Gasteiger partial charge is 0.478 e. The number of carbonyl (C=O) groups excluding carboxylic acids is 1. The molecule has 5 nitrogen and oxygen atoms in total. The van der Waals surface area contributed by atoms with Gasteiger partial charge in [-0.1, -0.05) is 6.07 Å². The van der Waals surface area contributed by atoms with Crippen molar-refractivity contribution in [2.45, 2.75) is 19.9 Å². The summed E-state index contributed by atoms with van der Waals surface area (Å²) in [4.78, 5) is 23.0. The van der Waals surface area contributed by atoms with E-state index in [1.54, 1.807) is 24.4 Å². The summed E-state index contributed by atoms with van der Waals surface area (Å²) in [5.41, 5.74) is 0.789. The minimum absolute atomic E-state index is 0.0256. The molecule has 2 aromatic rings. The maximum Gasteiger partial charge on any atom is 0.336 e. The summed E-state index contributed by atoms with van der Waals surface area (Å²) < 4.78 is 1.42. The zero-order chi connectivity index (χ0) is 13.3. The van der Waals surface area contributed by atoms with Crippen LogP contribution in [0.3, 0.4) is 0 Å². The first-order valence-corrected chi connectivity index (χ1v) is 5.65. The highest BCUT2D eigenvalue weighted by Crippen LogP contribution is 2.20. The van der Waals surface area contributed by atoms with Crippen LogP contribution in [0.25, 0.3) is 10.9 Å². The second-order valence-electron chi connectivity index (χ2n) is 4.33. The molecule has 94 valence electrons. The molecule has 0 fully saturated rings. The maximum atomic E-state index is 11.9. The second-order valence-corrected chi connectivity index (χ2v) is 4.33. The van der Waals surface area contributed by atoms with E-state index < -0.39 is 5.97 Å². The fraction of sp³-hybridized carbons (Fsp3) is 0.231. The Morgan fingerprint density at radius 1 is 1.28 bits per heavy atom. The molecule has 1 amide bonds.